The lowest BCUT2D eigenvalue weighted by atomic mass is 9.95. The number of carbonyl (C=O) groups excluding carboxylic acids is 1. The van der Waals surface area contributed by atoms with Crippen LogP contribution in [0.15, 0.2) is 16.5 Å². The number of carboxylic acid groups (broad SMARTS) is 1. The summed E-state index contributed by atoms with van der Waals surface area (Å²) in [6.07, 6.45) is 1.18. The highest BCUT2D eigenvalue weighted by atomic mass is 16.6. The Labute approximate surface area is 123 Å². The van der Waals surface area contributed by atoms with Crippen molar-refractivity contribution in [3.8, 4) is 0 Å². The van der Waals surface area contributed by atoms with Gasteiger partial charge in [0, 0.05) is 19.0 Å². The van der Waals surface area contributed by atoms with Crippen molar-refractivity contribution in [1.82, 2.24) is 4.90 Å². The molecule has 1 N–H and O–H groups in total. The van der Waals surface area contributed by atoms with Crippen molar-refractivity contribution in [1.29, 1.82) is 0 Å². The Morgan fingerprint density at radius 1 is 1.29 bits per heavy atom. The molecule has 1 aromatic heterocycles. The maximum atomic E-state index is 12.0. The molecule has 0 unspecified atom stereocenters. The summed E-state index contributed by atoms with van der Waals surface area (Å²) in [6, 6.07) is 3.18. The molecule has 0 bridgehead atoms. The van der Waals surface area contributed by atoms with Crippen LogP contribution in [-0.4, -0.2) is 40.8 Å². The Bertz CT molecular complexity index is 520. The molecule has 1 aliphatic rings. The Kier molecular flexibility index (Phi) is 4.25. The number of ether oxygens (including phenoxy) is 1. The Morgan fingerprint density at radius 3 is 2.38 bits per heavy atom. The second-order valence-corrected chi connectivity index (χ2v) is 6.25. The van der Waals surface area contributed by atoms with E-state index in [4.69, 9.17) is 14.3 Å². The van der Waals surface area contributed by atoms with Gasteiger partial charge in [0.15, 0.2) is 0 Å². The molecule has 21 heavy (non-hydrogen) atoms. The van der Waals surface area contributed by atoms with E-state index >= 15 is 0 Å². The fraction of sp³-hybridized carbons (Fsp3) is 0.600. The average molecular weight is 295 g/mol. The lowest BCUT2D eigenvalue weighted by Crippen LogP contribution is -2.41. The number of hydrogen-bond donors (Lipinski definition) is 1. The van der Waals surface area contributed by atoms with Gasteiger partial charge in [0.25, 0.3) is 0 Å². The van der Waals surface area contributed by atoms with Crippen molar-refractivity contribution in [3.63, 3.8) is 0 Å². The third-order valence-corrected chi connectivity index (χ3v) is 3.39. The SMILES string of the molecule is CC(C)(C)OC(=O)N1CCC(c2ccc(C(=O)O)o2)CC1. The number of aromatic carboxylic acids is 1. The van der Waals surface area contributed by atoms with E-state index in [0.717, 1.165) is 12.8 Å². The van der Waals surface area contributed by atoms with Crippen LogP contribution in [0.5, 0.6) is 0 Å². The molecule has 1 amide bonds. The zero-order valence-corrected chi connectivity index (χ0v) is 12.6. The molecule has 1 aromatic rings. The zero-order chi connectivity index (χ0) is 15.6. The molecular formula is C15H21NO5. The van der Waals surface area contributed by atoms with Gasteiger partial charge in [-0.15, -0.1) is 0 Å². The van der Waals surface area contributed by atoms with E-state index in [-0.39, 0.29) is 17.8 Å². The topological polar surface area (TPSA) is 80.0 Å². The maximum absolute atomic E-state index is 12.0. The van der Waals surface area contributed by atoms with Crippen LogP contribution in [-0.2, 0) is 4.74 Å². The summed E-state index contributed by atoms with van der Waals surface area (Å²) in [4.78, 5) is 24.4. The van der Waals surface area contributed by atoms with Crippen LogP contribution in [0.2, 0.25) is 0 Å². The molecule has 2 rings (SSSR count). The van der Waals surface area contributed by atoms with Gasteiger partial charge in [-0.3, -0.25) is 0 Å². The van der Waals surface area contributed by atoms with Gasteiger partial charge in [-0.05, 0) is 45.7 Å². The summed E-state index contributed by atoms with van der Waals surface area (Å²) in [6.45, 7) is 6.70. The number of piperidine rings is 1. The van der Waals surface area contributed by atoms with Crippen molar-refractivity contribution in [2.75, 3.05) is 13.1 Å². The normalized spacial score (nSPS) is 16.8. The second-order valence-electron chi connectivity index (χ2n) is 6.25. The third kappa shape index (κ3) is 4.00. The minimum Gasteiger partial charge on any atom is -0.475 e. The van der Waals surface area contributed by atoms with Crippen LogP contribution in [0.25, 0.3) is 0 Å². The Balaban J connectivity index is 1.90. The number of amides is 1. The van der Waals surface area contributed by atoms with E-state index < -0.39 is 11.6 Å². The first kappa shape index (κ1) is 15.4. The minimum atomic E-state index is -1.06. The van der Waals surface area contributed by atoms with E-state index in [1.54, 1.807) is 11.0 Å². The van der Waals surface area contributed by atoms with E-state index in [1.165, 1.54) is 6.07 Å². The number of furan rings is 1. The standard InChI is InChI=1S/C15H21NO5/c1-15(2,3)21-14(19)16-8-6-10(7-9-16)11-4-5-12(20-11)13(17)18/h4-5,10H,6-9H2,1-3H3,(H,17,18). The Hall–Kier alpha value is -1.98. The molecule has 1 aliphatic heterocycles. The molecule has 0 atom stereocenters. The monoisotopic (exact) mass is 295 g/mol. The van der Waals surface area contributed by atoms with E-state index in [1.807, 2.05) is 20.8 Å². The Morgan fingerprint density at radius 2 is 1.90 bits per heavy atom. The smallest absolute Gasteiger partial charge is 0.410 e. The summed E-state index contributed by atoms with van der Waals surface area (Å²) < 4.78 is 10.7. The predicted octanol–water partition coefficient (Wildman–Crippen LogP) is 3.09. The summed E-state index contributed by atoms with van der Waals surface area (Å²) in [5.41, 5.74) is -0.495. The van der Waals surface area contributed by atoms with Gasteiger partial charge >= 0.3 is 12.1 Å². The average Bonchev–Trinajstić information content (AvgIpc) is 2.86. The van der Waals surface area contributed by atoms with Crippen molar-refractivity contribution in [3.05, 3.63) is 23.7 Å². The first-order chi connectivity index (χ1) is 9.76. The van der Waals surface area contributed by atoms with Crippen LogP contribution in [0.3, 0.4) is 0 Å². The van der Waals surface area contributed by atoms with Gasteiger partial charge in [0.1, 0.15) is 11.4 Å². The molecule has 0 spiro atoms. The molecule has 116 valence electrons. The maximum Gasteiger partial charge on any atom is 0.410 e. The molecule has 0 radical (unpaired) electrons. The quantitative estimate of drug-likeness (QED) is 0.906. The van der Waals surface area contributed by atoms with Crippen molar-refractivity contribution < 1.29 is 23.8 Å². The minimum absolute atomic E-state index is 0.0421. The number of nitrogens with zero attached hydrogens (tertiary/aromatic N) is 1. The van der Waals surface area contributed by atoms with E-state index in [0.29, 0.717) is 18.8 Å². The van der Waals surface area contributed by atoms with Gasteiger partial charge in [-0.25, -0.2) is 9.59 Å². The largest absolute Gasteiger partial charge is 0.475 e. The van der Waals surface area contributed by atoms with Crippen LogP contribution in [0.1, 0.15) is 55.8 Å². The summed E-state index contributed by atoms with van der Waals surface area (Å²) >= 11 is 0. The molecule has 1 fully saturated rings. The molecular weight excluding hydrogens is 274 g/mol. The van der Waals surface area contributed by atoms with Crippen molar-refractivity contribution in [2.45, 2.75) is 45.1 Å². The van der Waals surface area contributed by atoms with Gasteiger partial charge < -0.3 is 19.2 Å². The molecule has 6 nitrogen and oxygen atoms in total. The van der Waals surface area contributed by atoms with Crippen LogP contribution < -0.4 is 0 Å². The summed E-state index contributed by atoms with van der Waals surface area (Å²) in [7, 11) is 0. The predicted molar refractivity (Wildman–Crippen MR) is 75.4 cm³/mol. The molecule has 2 heterocycles. The molecule has 1 saturated heterocycles. The lowest BCUT2D eigenvalue weighted by molar-refractivity contribution is 0.0200. The highest BCUT2D eigenvalue weighted by Crippen LogP contribution is 2.30. The number of hydrogen-bond acceptors (Lipinski definition) is 4. The van der Waals surface area contributed by atoms with Crippen molar-refractivity contribution in [2.24, 2.45) is 0 Å². The molecule has 0 saturated carbocycles. The highest BCUT2D eigenvalue weighted by Gasteiger charge is 2.29. The molecule has 0 aromatic carbocycles. The first-order valence-electron chi connectivity index (χ1n) is 7.07. The van der Waals surface area contributed by atoms with Crippen LogP contribution in [0, 0.1) is 0 Å². The second kappa shape index (κ2) is 5.79. The van der Waals surface area contributed by atoms with E-state index in [9.17, 15) is 9.59 Å². The van der Waals surface area contributed by atoms with Crippen LogP contribution >= 0.6 is 0 Å². The van der Waals surface area contributed by atoms with E-state index in [2.05, 4.69) is 0 Å². The number of carboxylic acids is 1. The number of carbonyl (C=O) groups is 2. The lowest BCUT2D eigenvalue weighted by Gasteiger charge is -2.32. The highest BCUT2D eigenvalue weighted by molar-refractivity contribution is 5.84. The third-order valence-electron chi connectivity index (χ3n) is 3.39. The number of rotatable bonds is 2. The van der Waals surface area contributed by atoms with Crippen molar-refractivity contribution >= 4 is 12.1 Å². The fourth-order valence-electron chi connectivity index (χ4n) is 2.36. The molecule has 0 aliphatic carbocycles. The van der Waals surface area contributed by atoms with Gasteiger partial charge in [0.05, 0.1) is 0 Å². The fourth-order valence-corrected chi connectivity index (χ4v) is 2.36. The first-order valence-corrected chi connectivity index (χ1v) is 7.07. The van der Waals surface area contributed by atoms with Gasteiger partial charge in [-0.1, -0.05) is 0 Å². The van der Waals surface area contributed by atoms with Gasteiger partial charge in [-0.2, -0.15) is 0 Å². The summed E-state index contributed by atoms with van der Waals surface area (Å²) in [5, 5.41) is 8.86. The van der Waals surface area contributed by atoms with Gasteiger partial charge in [0.2, 0.25) is 5.76 Å². The zero-order valence-electron chi connectivity index (χ0n) is 12.6. The van der Waals surface area contributed by atoms with Crippen LogP contribution in [0.4, 0.5) is 4.79 Å². The number of likely N-dealkylation sites (tertiary alicyclic amines) is 1. The molecule has 6 heteroatoms. The summed E-state index contributed by atoms with van der Waals surface area (Å²) in [5.74, 6) is -0.278.